The van der Waals surface area contributed by atoms with Crippen molar-refractivity contribution >= 4 is 17.6 Å². The standard InChI is InChI=1S/C14H17NO4/c1-9-4-5-10(8-11(9)12(16)17)15-13(18)14(19-2)6-3-7-14/h4-5,8H,3,6-7H2,1-2H3,(H,15,18)(H,16,17). The first-order valence-electron chi connectivity index (χ1n) is 6.19. The van der Waals surface area contributed by atoms with E-state index < -0.39 is 11.6 Å². The van der Waals surface area contributed by atoms with Crippen molar-refractivity contribution in [2.24, 2.45) is 0 Å². The molecule has 0 atom stereocenters. The highest BCUT2D eigenvalue weighted by Crippen LogP contribution is 2.36. The average molecular weight is 263 g/mol. The third kappa shape index (κ3) is 2.46. The number of aromatic carboxylic acids is 1. The summed E-state index contributed by atoms with van der Waals surface area (Å²) >= 11 is 0. The molecule has 102 valence electrons. The van der Waals surface area contributed by atoms with E-state index in [1.54, 1.807) is 19.1 Å². The van der Waals surface area contributed by atoms with Crippen LogP contribution >= 0.6 is 0 Å². The molecule has 1 saturated carbocycles. The molecule has 0 saturated heterocycles. The maximum Gasteiger partial charge on any atom is 0.336 e. The molecule has 2 rings (SSSR count). The molecule has 0 unspecified atom stereocenters. The Morgan fingerprint density at radius 3 is 2.53 bits per heavy atom. The van der Waals surface area contributed by atoms with Crippen LogP contribution in [-0.2, 0) is 9.53 Å². The summed E-state index contributed by atoms with van der Waals surface area (Å²) in [6.45, 7) is 1.72. The molecule has 19 heavy (non-hydrogen) atoms. The van der Waals surface area contributed by atoms with Gasteiger partial charge in [0.1, 0.15) is 5.60 Å². The molecule has 2 N–H and O–H groups in total. The molecule has 0 aliphatic heterocycles. The highest BCUT2D eigenvalue weighted by atomic mass is 16.5. The van der Waals surface area contributed by atoms with Gasteiger partial charge in [-0.25, -0.2) is 4.79 Å². The van der Waals surface area contributed by atoms with Crippen molar-refractivity contribution in [3.8, 4) is 0 Å². The van der Waals surface area contributed by atoms with Gasteiger partial charge in [0.25, 0.3) is 5.91 Å². The van der Waals surface area contributed by atoms with E-state index in [0.717, 1.165) is 6.42 Å². The van der Waals surface area contributed by atoms with Crippen LogP contribution in [0.4, 0.5) is 5.69 Å². The first-order chi connectivity index (χ1) is 8.98. The third-order valence-corrected chi connectivity index (χ3v) is 3.69. The number of anilines is 1. The summed E-state index contributed by atoms with van der Waals surface area (Å²) in [6.07, 6.45) is 2.37. The summed E-state index contributed by atoms with van der Waals surface area (Å²) in [5, 5.41) is 11.8. The maximum atomic E-state index is 12.1. The van der Waals surface area contributed by atoms with Gasteiger partial charge in [-0.2, -0.15) is 0 Å². The van der Waals surface area contributed by atoms with Gasteiger partial charge in [0, 0.05) is 12.8 Å². The van der Waals surface area contributed by atoms with Gasteiger partial charge in [-0.15, -0.1) is 0 Å². The fourth-order valence-electron chi connectivity index (χ4n) is 2.20. The molecule has 5 nitrogen and oxygen atoms in total. The van der Waals surface area contributed by atoms with Crippen molar-refractivity contribution in [2.45, 2.75) is 31.8 Å². The Hall–Kier alpha value is -1.88. The molecule has 0 aromatic heterocycles. The number of hydrogen-bond acceptors (Lipinski definition) is 3. The second-order valence-electron chi connectivity index (χ2n) is 4.84. The summed E-state index contributed by atoms with van der Waals surface area (Å²) in [7, 11) is 1.52. The molecule has 1 aliphatic carbocycles. The maximum absolute atomic E-state index is 12.1. The lowest BCUT2D eigenvalue weighted by Crippen LogP contribution is -2.50. The number of carboxylic acids is 1. The Kier molecular flexibility index (Phi) is 3.57. The molecule has 1 amide bonds. The molecule has 1 aromatic carbocycles. The molecule has 5 heteroatoms. The van der Waals surface area contributed by atoms with Crippen molar-refractivity contribution in [1.82, 2.24) is 0 Å². The highest BCUT2D eigenvalue weighted by Gasteiger charge is 2.44. The van der Waals surface area contributed by atoms with Crippen LogP contribution in [0.25, 0.3) is 0 Å². The Bertz CT molecular complexity index is 515. The highest BCUT2D eigenvalue weighted by molar-refractivity contribution is 5.99. The van der Waals surface area contributed by atoms with Gasteiger partial charge in [0.05, 0.1) is 5.56 Å². The van der Waals surface area contributed by atoms with Gasteiger partial charge in [0.2, 0.25) is 0 Å². The number of carbonyl (C=O) groups is 2. The SMILES string of the molecule is COC1(C(=O)Nc2ccc(C)c(C(=O)O)c2)CCC1. The molecule has 0 bridgehead atoms. The fraction of sp³-hybridized carbons (Fsp3) is 0.429. The lowest BCUT2D eigenvalue weighted by molar-refractivity contribution is -0.148. The van der Waals surface area contributed by atoms with E-state index in [1.165, 1.54) is 13.2 Å². The second kappa shape index (κ2) is 5.01. The monoisotopic (exact) mass is 263 g/mol. The molecule has 1 aliphatic rings. The Morgan fingerprint density at radius 1 is 1.37 bits per heavy atom. The van der Waals surface area contributed by atoms with Crippen LogP contribution < -0.4 is 5.32 Å². The quantitative estimate of drug-likeness (QED) is 0.873. The minimum Gasteiger partial charge on any atom is -0.478 e. The van der Waals surface area contributed by atoms with Gasteiger partial charge in [0.15, 0.2) is 0 Å². The normalized spacial score (nSPS) is 16.5. The molecular formula is C14H17NO4. The van der Waals surface area contributed by atoms with Gasteiger partial charge < -0.3 is 15.2 Å². The number of carbonyl (C=O) groups excluding carboxylic acids is 1. The van der Waals surface area contributed by atoms with Gasteiger partial charge in [-0.1, -0.05) is 6.07 Å². The van der Waals surface area contributed by atoms with E-state index in [4.69, 9.17) is 9.84 Å². The molecule has 0 spiro atoms. The zero-order valence-electron chi connectivity index (χ0n) is 11.0. The number of nitrogens with one attached hydrogen (secondary N) is 1. The van der Waals surface area contributed by atoms with Crippen LogP contribution in [0, 0.1) is 6.92 Å². The molecule has 1 fully saturated rings. The first-order valence-corrected chi connectivity index (χ1v) is 6.19. The minimum atomic E-state index is -1.00. The summed E-state index contributed by atoms with van der Waals surface area (Å²) < 4.78 is 5.28. The topological polar surface area (TPSA) is 75.6 Å². The van der Waals surface area contributed by atoms with E-state index in [9.17, 15) is 9.59 Å². The Labute approximate surface area is 111 Å². The van der Waals surface area contributed by atoms with E-state index in [0.29, 0.717) is 24.1 Å². The molecule has 1 aromatic rings. The zero-order valence-corrected chi connectivity index (χ0v) is 11.0. The number of aryl methyl sites for hydroxylation is 1. The van der Waals surface area contributed by atoms with E-state index in [-0.39, 0.29) is 11.5 Å². The number of hydrogen-bond donors (Lipinski definition) is 2. The smallest absolute Gasteiger partial charge is 0.336 e. The van der Waals surface area contributed by atoms with Crippen LogP contribution in [0.2, 0.25) is 0 Å². The number of ether oxygens (including phenoxy) is 1. The lowest BCUT2D eigenvalue weighted by Gasteiger charge is -2.38. The largest absolute Gasteiger partial charge is 0.478 e. The molecular weight excluding hydrogens is 246 g/mol. The predicted octanol–water partition coefficient (Wildman–Crippen LogP) is 2.20. The Balaban J connectivity index is 2.17. The number of methoxy groups -OCH3 is 1. The Morgan fingerprint density at radius 2 is 2.05 bits per heavy atom. The number of amides is 1. The number of rotatable bonds is 4. The van der Waals surface area contributed by atoms with Crippen molar-refractivity contribution in [3.63, 3.8) is 0 Å². The average Bonchev–Trinajstić information content (AvgIpc) is 2.30. The molecule has 0 radical (unpaired) electrons. The summed E-state index contributed by atoms with van der Waals surface area (Å²) in [5.41, 5.74) is 0.596. The van der Waals surface area contributed by atoms with Gasteiger partial charge in [-0.3, -0.25) is 4.79 Å². The fourth-order valence-corrected chi connectivity index (χ4v) is 2.20. The summed E-state index contributed by atoms with van der Waals surface area (Å²) in [6, 6.07) is 4.85. The zero-order chi connectivity index (χ0) is 14.0. The second-order valence-corrected chi connectivity index (χ2v) is 4.84. The van der Waals surface area contributed by atoms with Crippen LogP contribution in [0.3, 0.4) is 0 Å². The van der Waals surface area contributed by atoms with Crippen molar-refractivity contribution in [2.75, 3.05) is 12.4 Å². The van der Waals surface area contributed by atoms with Crippen LogP contribution in [0.5, 0.6) is 0 Å². The summed E-state index contributed by atoms with van der Waals surface area (Å²) in [4.78, 5) is 23.2. The third-order valence-electron chi connectivity index (χ3n) is 3.69. The molecule has 0 heterocycles. The lowest BCUT2D eigenvalue weighted by atomic mass is 9.79. The van der Waals surface area contributed by atoms with Crippen LogP contribution in [-0.4, -0.2) is 29.7 Å². The van der Waals surface area contributed by atoms with Crippen molar-refractivity contribution in [1.29, 1.82) is 0 Å². The van der Waals surface area contributed by atoms with Crippen molar-refractivity contribution < 1.29 is 19.4 Å². The predicted molar refractivity (Wildman–Crippen MR) is 70.4 cm³/mol. The number of carboxylic acid groups (broad SMARTS) is 1. The van der Waals surface area contributed by atoms with Gasteiger partial charge in [-0.05, 0) is 43.9 Å². The summed E-state index contributed by atoms with van der Waals surface area (Å²) in [5.74, 6) is -1.21. The first kappa shape index (κ1) is 13.5. The van der Waals surface area contributed by atoms with Crippen LogP contribution in [0.1, 0.15) is 35.2 Å². The van der Waals surface area contributed by atoms with Crippen LogP contribution in [0.15, 0.2) is 18.2 Å². The van der Waals surface area contributed by atoms with E-state index in [1.807, 2.05) is 0 Å². The van der Waals surface area contributed by atoms with E-state index in [2.05, 4.69) is 5.32 Å². The minimum absolute atomic E-state index is 0.192. The van der Waals surface area contributed by atoms with E-state index >= 15 is 0 Å². The van der Waals surface area contributed by atoms with Gasteiger partial charge >= 0.3 is 5.97 Å². The van der Waals surface area contributed by atoms with Crippen molar-refractivity contribution in [3.05, 3.63) is 29.3 Å². The number of benzene rings is 1.